The van der Waals surface area contributed by atoms with Crippen molar-refractivity contribution in [3.8, 4) is 0 Å². The molecule has 1 aromatic rings. The second kappa shape index (κ2) is 7.10. The number of nitrogens with zero attached hydrogens (tertiary/aromatic N) is 1. The number of rotatable bonds is 4. The van der Waals surface area contributed by atoms with Gasteiger partial charge in [-0.3, -0.25) is 0 Å². The fourth-order valence-electron chi connectivity index (χ4n) is 2.35. The Hall–Kier alpha value is -0.920. The van der Waals surface area contributed by atoms with Crippen molar-refractivity contribution < 1.29 is 17.9 Å². The van der Waals surface area contributed by atoms with Crippen LogP contribution in [0, 0.1) is 0 Å². The Morgan fingerprint density at radius 3 is 2.45 bits per heavy atom. The van der Waals surface area contributed by atoms with Crippen molar-refractivity contribution in [1.29, 1.82) is 0 Å². The van der Waals surface area contributed by atoms with Crippen LogP contribution < -0.4 is 0 Å². The van der Waals surface area contributed by atoms with Gasteiger partial charge in [-0.05, 0) is 60.8 Å². The minimum Gasteiger partial charge on any atom is -0.459 e. The molecule has 0 bridgehead atoms. The zero-order valence-electron chi connectivity index (χ0n) is 12.7. The number of halogens is 1. The van der Waals surface area contributed by atoms with Gasteiger partial charge in [0, 0.05) is 17.6 Å². The number of carbonyl (C=O) groups excluding carboxylic acids is 1. The van der Waals surface area contributed by atoms with Gasteiger partial charge in [0.15, 0.2) is 0 Å². The third-order valence-corrected chi connectivity index (χ3v) is 6.04. The lowest BCUT2D eigenvalue weighted by Gasteiger charge is -2.26. The molecule has 1 fully saturated rings. The number of carbonyl (C=O) groups is 1. The molecule has 1 aromatic carbocycles. The zero-order valence-corrected chi connectivity index (χ0v) is 15.1. The Kier molecular flexibility index (Phi) is 5.63. The Bertz CT molecular complexity index is 652. The molecule has 1 heterocycles. The van der Waals surface area contributed by atoms with Gasteiger partial charge in [0.1, 0.15) is 0 Å². The maximum atomic E-state index is 12.7. The summed E-state index contributed by atoms with van der Waals surface area (Å²) < 4.78 is 32.5. The molecular weight excluding hydrogens is 370 g/mol. The van der Waals surface area contributed by atoms with Crippen LogP contribution in [0.25, 0.3) is 0 Å². The van der Waals surface area contributed by atoms with E-state index in [0.717, 1.165) is 19.3 Å². The molecule has 0 aliphatic carbocycles. The van der Waals surface area contributed by atoms with Crippen molar-refractivity contribution in [2.24, 2.45) is 0 Å². The number of esters is 1. The van der Waals surface area contributed by atoms with E-state index in [4.69, 9.17) is 4.74 Å². The van der Waals surface area contributed by atoms with Crippen molar-refractivity contribution in [3.05, 3.63) is 28.2 Å². The Labute approximate surface area is 139 Å². The molecule has 0 unspecified atom stereocenters. The van der Waals surface area contributed by atoms with Crippen LogP contribution in [0.1, 0.15) is 43.5 Å². The molecule has 1 saturated heterocycles. The number of benzene rings is 1. The minimum absolute atomic E-state index is 0.133. The number of hydrogen-bond acceptors (Lipinski definition) is 4. The van der Waals surface area contributed by atoms with Crippen LogP contribution in [0.2, 0.25) is 0 Å². The molecule has 0 saturated carbocycles. The van der Waals surface area contributed by atoms with Gasteiger partial charge in [0.05, 0.1) is 16.6 Å². The van der Waals surface area contributed by atoms with Crippen molar-refractivity contribution in [1.82, 2.24) is 4.31 Å². The quantitative estimate of drug-likeness (QED) is 0.741. The van der Waals surface area contributed by atoms with E-state index in [0.29, 0.717) is 17.6 Å². The van der Waals surface area contributed by atoms with Gasteiger partial charge in [-0.15, -0.1) is 0 Å². The molecule has 0 amide bonds. The maximum absolute atomic E-state index is 12.7. The van der Waals surface area contributed by atoms with E-state index in [1.165, 1.54) is 16.4 Å². The largest absolute Gasteiger partial charge is 0.459 e. The summed E-state index contributed by atoms with van der Waals surface area (Å²) in [6.07, 6.45) is 2.54. The van der Waals surface area contributed by atoms with Crippen molar-refractivity contribution in [2.75, 3.05) is 13.1 Å². The lowest BCUT2D eigenvalue weighted by atomic mass is 10.2. The molecule has 7 heteroatoms. The highest BCUT2D eigenvalue weighted by Crippen LogP contribution is 2.26. The van der Waals surface area contributed by atoms with Crippen LogP contribution in [-0.2, 0) is 14.8 Å². The summed E-state index contributed by atoms with van der Waals surface area (Å²) in [6.45, 7) is 4.56. The molecule has 0 aromatic heterocycles. The van der Waals surface area contributed by atoms with Gasteiger partial charge in [0.2, 0.25) is 10.0 Å². The van der Waals surface area contributed by atoms with E-state index in [9.17, 15) is 13.2 Å². The number of ether oxygens (including phenoxy) is 1. The first kappa shape index (κ1) is 17.4. The molecule has 0 spiro atoms. The summed E-state index contributed by atoms with van der Waals surface area (Å²) >= 11 is 3.27. The number of piperidine rings is 1. The number of hydrogen-bond donors (Lipinski definition) is 0. The first-order chi connectivity index (χ1) is 10.3. The summed E-state index contributed by atoms with van der Waals surface area (Å²) in [5, 5.41) is 0. The topological polar surface area (TPSA) is 63.7 Å². The predicted molar refractivity (Wildman–Crippen MR) is 87.3 cm³/mol. The van der Waals surface area contributed by atoms with E-state index in [-0.39, 0.29) is 16.6 Å². The summed E-state index contributed by atoms with van der Waals surface area (Å²) in [6, 6.07) is 4.48. The summed E-state index contributed by atoms with van der Waals surface area (Å²) in [4.78, 5) is 12.2. The predicted octanol–water partition coefficient (Wildman–Crippen LogP) is 3.19. The first-order valence-electron chi connectivity index (χ1n) is 7.33. The van der Waals surface area contributed by atoms with Gasteiger partial charge in [0.25, 0.3) is 0 Å². The highest BCUT2D eigenvalue weighted by atomic mass is 79.9. The highest BCUT2D eigenvalue weighted by Gasteiger charge is 2.27. The lowest BCUT2D eigenvalue weighted by Crippen LogP contribution is -2.35. The van der Waals surface area contributed by atoms with Gasteiger partial charge < -0.3 is 4.74 Å². The summed E-state index contributed by atoms with van der Waals surface area (Å²) in [5.41, 5.74) is 0.229. The van der Waals surface area contributed by atoms with E-state index in [1.807, 2.05) is 0 Å². The van der Waals surface area contributed by atoms with E-state index < -0.39 is 16.0 Å². The zero-order chi connectivity index (χ0) is 16.3. The van der Waals surface area contributed by atoms with Gasteiger partial charge in [-0.1, -0.05) is 6.42 Å². The second-order valence-electron chi connectivity index (χ2n) is 5.56. The molecule has 0 N–H and O–H groups in total. The van der Waals surface area contributed by atoms with Crippen molar-refractivity contribution >= 4 is 31.9 Å². The third-order valence-electron chi connectivity index (χ3n) is 3.45. The molecule has 5 nitrogen and oxygen atoms in total. The molecule has 0 atom stereocenters. The van der Waals surface area contributed by atoms with Crippen LogP contribution in [0.5, 0.6) is 0 Å². The van der Waals surface area contributed by atoms with Crippen LogP contribution in [0.15, 0.2) is 27.6 Å². The smallest absolute Gasteiger partial charge is 0.339 e. The second-order valence-corrected chi connectivity index (χ2v) is 8.35. The minimum atomic E-state index is -3.56. The van der Waals surface area contributed by atoms with Crippen LogP contribution in [0.4, 0.5) is 0 Å². The van der Waals surface area contributed by atoms with Crippen LogP contribution in [-0.4, -0.2) is 37.9 Å². The molecule has 22 heavy (non-hydrogen) atoms. The molecular formula is C15H20BrNO4S. The lowest BCUT2D eigenvalue weighted by molar-refractivity contribution is 0.0376. The van der Waals surface area contributed by atoms with Gasteiger partial charge >= 0.3 is 5.97 Å². The first-order valence-corrected chi connectivity index (χ1v) is 9.56. The molecule has 122 valence electrons. The number of sulfonamides is 1. The van der Waals surface area contributed by atoms with Gasteiger partial charge in [-0.2, -0.15) is 4.31 Å². The van der Waals surface area contributed by atoms with Crippen molar-refractivity contribution in [3.63, 3.8) is 0 Å². The average molecular weight is 390 g/mol. The van der Waals surface area contributed by atoms with Gasteiger partial charge in [-0.25, -0.2) is 13.2 Å². The summed E-state index contributed by atoms with van der Waals surface area (Å²) in [7, 11) is -3.56. The van der Waals surface area contributed by atoms with E-state index >= 15 is 0 Å². The molecule has 2 rings (SSSR count). The fourth-order valence-corrected chi connectivity index (χ4v) is 4.31. The molecule has 1 aliphatic heterocycles. The highest BCUT2D eigenvalue weighted by molar-refractivity contribution is 9.10. The fraction of sp³-hybridized carbons (Fsp3) is 0.533. The van der Waals surface area contributed by atoms with Crippen LogP contribution >= 0.6 is 15.9 Å². The normalized spacial score (nSPS) is 16.7. The Morgan fingerprint density at radius 1 is 1.23 bits per heavy atom. The van der Waals surface area contributed by atoms with E-state index in [2.05, 4.69) is 15.9 Å². The Morgan fingerprint density at radius 2 is 1.86 bits per heavy atom. The third kappa shape index (κ3) is 3.88. The van der Waals surface area contributed by atoms with E-state index in [1.54, 1.807) is 19.9 Å². The molecule has 0 radical (unpaired) electrons. The Balaban J connectivity index is 2.34. The van der Waals surface area contributed by atoms with Crippen molar-refractivity contribution in [2.45, 2.75) is 44.1 Å². The van der Waals surface area contributed by atoms with Crippen LogP contribution in [0.3, 0.4) is 0 Å². The molecule has 1 aliphatic rings. The average Bonchev–Trinajstić information content (AvgIpc) is 2.47. The standard InChI is InChI=1S/C15H20BrNO4S/c1-11(2)21-15(18)13-10-12(6-7-14(13)16)22(19,20)17-8-4-3-5-9-17/h6-7,10-11H,3-5,8-9H2,1-2H3. The SMILES string of the molecule is CC(C)OC(=O)c1cc(S(=O)(=O)N2CCCCC2)ccc1Br. The monoisotopic (exact) mass is 389 g/mol. The maximum Gasteiger partial charge on any atom is 0.339 e. The summed E-state index contributed by atoms with van der Waals surface area (Å²) in [5.74, 6) is -0.530.